The second-order valence-corrected chi connectivity index (χ2v) is 18.2. The van der Waals surface area contributed by atoms with E-state index in [1.54, 1.807) is 47.8 Å². The van der Waals surface area contributed by atoms with Crippen molar-refractivity contribution in [2.75, 3.05) is 12.3 Å². The molecule has 9 aromatic heterocycles. The molecule has 13 rings (SSSR count). The van der Waals surface area contributed by atoms with E-state index >= 15 is 0 Å². The summed E-state index contributed by atoms with van der Waals surface area (Å²) < 4.78 is 1.74. The quantitative estimate of drug-likeness (QED) is 0.109. The van der Waals surface area contributed by atoms with Gasteiger partial charge in [0.1, 0.15) is 27.4 Å². The number of allylic oxidation sites excluding steroid dienone is 1. The average Bonchev–Trinajstić information content (AvgIpc) is 4.11. The Morgan fingerprint density at radius 2 is 1.11 bits per heavy atom. The summed E-state index contributed by atoms with van der Waals surface area (Å²) >= 11 is 12.5. The van der Waals surface area contributed by atoms with Crippen molar-refractivity contribution in [1.29, 1.82) is 0 Å². The Bertz CT molecular complexity index is 4390. The normalized spacial score (nSPS) is 11.7. The molecule has 76 heavy (non-hydrogen) atoms. The van der Waals surface area contributed by atoms with Gasteiger partial charge in [-0.2, -0.15) is 5.10 Å². The zero-order valence-corrected chi connectivity index (χ0v) is 42.5. The van der Waals surface area contributed by atoms with Crippen LogP contribution in [-0.2, 0) is 0 Å². The maximum absolute atomic E-state index is 12.3. The molecule has 1 aliphatic heterocycles. The van der Waals surface area contributed by atoms with Gasteiger partial charge in [-0.25, -0.2) is 19.6 Å². The predicted molar refractivity (Wildman–Crippen MR) is 305 cm³/mol. The number of Topliss-reactive ketones (excluding diaryl/α,β-unsaturated/α-hetero) is 1. The van der Waals surface area contributed by atoms with Crippen LogP contribution in [0.4, 0.5) is 5.82 Å². The van der Waals surface area contributed by atoms with Gasteiger partial charge in [0.25, 0.3) is 0 Å². The van der Waals surface area contributed by atoms with Crippen molar-refractivity contribution in [3.63, 3.8) is 0 Å². The molecule has 0 bridgehead atoms. The topological polar surface area (TPSA) is 216 Å². The third-order valence-corrected chi connectivity index (χ3v) is 12.9. The number of aromatic nitrogens is 10. The molecule has 17 heteroatoms. The van der Waals surface area contributed by atoms with Gasteiger partial charge in [0.2, 0.25) is 0 Å². The fourth-order valence-corrected chi connectivity index (χ4v) is 8.98. The molecule has 0 radical (unpaired) electrons. The fraction of sp³-hybridized carbons (Fsp3) is 0.0678. The molecule has 3 aromatic carbocycles. The summed E-state index contributed by atoms with van der Waals surface area (Å²) in [6, 6.07) is 39.6. The van der Waals surface area contributed by atoms with Crippen LogP contribution in [0.15, 0.2) is 191 Å². The highest BCUT2D eigenvalue weighted by Gasteiger charge is 2.16. The number of aryl methyl sites for hydroxylation is 1. The van der Waals surface area contributed by atoms with Crippen molar-refractivity contribution in [2.24, 2.45) is 4.99 Å². The molecule has 15 nitrogen and oxygen atoms in total. The van der Waals surface area contributed by atoms with Crippen LogP contribution in [0.1, 0.15) is 29.9 Å². The number of carbonyl (C=O) groups excluding carboxylic acids is 1. The molecule has 0 amide bonds. The van der Waals surface area contributed by atoms with Crippen LogP contribution < -0.4 is 16.6 Å². The van der Waals surface area contributed by atoms with Crippen LogP contribution in [0.2, 0.25) is 10.3 Å². The van der Waals surface area contributed by atoms with Crippen molar-refractivity contribution in [3.05, 3.63) is 219 Å². The smallest absolute Gasteiger partial charge is 0.191 e. The van der Waals surface area contributed by atoms with Crippen molar-refractivity contribution < 1.29 is 4.79 Å². The minimum atomic E-state index is -0.139. The fourth-order valence-electron chi connectivity index (χ4n) is 8.48. The number of aromatic amines is 2. The van der Waals surface area contributed by atoms with E-state index in [9.17, 15) is 14.4 Å². The maximum Gasteiger partial charge on any atom is 0.191 e. The average molecular weight is 1040 g/mol. The molecule has 0 spiro atoms. The molecule has 0 atom stereocenters. The van der Waals surface area contributed by atoms with Crippen LogP contribution in [0, 0.1) is 6.92 Å². The lowest BCUT2D eigenvalue weighted by Gasteiger charge is -2.11. The number of fused-ring (bicyclic) bond motifs is 5. The number of halogens is 2. The van der Waals surface area contributed by atoms with Gasteiger partial charge in [-0.15, -0.1) is 0 Å². The minimum Gasteiger partial charge on any atom is -0.383 e. The van der Waals surface area contributed by atoms with Crippen LogP contribution in [0.5, 0.6) is 0 Å². The number of pyridine rings is 8. The molecule has 1 aliphatic rings. The first kappa shape index (κ1) is 50.0. The van der Waals surface area contributed by atoms with E-state index in [1.165, 1.54) is 19.1 Å². The summed E-state index contributed by atoms with van der Waals surface area (Å²) in [5.74, 6) is 0.680. The summed E-state index contributed by atoms with van der Waals surface area (Å²) in [7, 11) is 0. The number of anilines is 1. The van der Waals surface area contributed by atoms with Crippen molar-refractivity contribution in [2.45, 2.75) is 20.8 Å². The lowest BCUT2D eigenvalue weighted by Crippen LogP contribution is -2.07. The van der Waals surface area contributed by atoms with Crippen LogP contribution >= 0.6 is 23.2 Å². The highest BCUT2D eigenvalue weighted by atomic mass is 35.5. The number of rotatable bonds is 5. The Kier molecular flexibility index (Phi) is 14.4. The first-order chi connectivity index (χ1) is 36.9. The van der Waals surface area contributed by atoms with Gasteiger partial charge >= 0.3 is 0 Å². The summed E-state index contributed by atoms with van der Waals surface area (Å²) in [5, 5.41) is 9.25. The molecule has 372 valence electrons. The Hall–Kier alpha value is -9.57. The first-order valence-electron chi connectivity index (χ1n) is 23.8. The van der Waals surface area contributed by atoms with E-state index in [-0.39, 0.29) is 27.6 Å². The van der Waals surface area contributed by atoms with Crippen molar-refractivity contribution in [3.8, 4) is 39.2 Å². The SMILES string of the molecule is CC(=O)c1cc(-c2ccc3ncccc3c2)c(Cl)nc1N.CC1=NCC=C1.Cc1ccn(-c2nc3[nH]ccc(=O)c3cc2-c2ccc3ncccc3c2)n1.O=c1cc[nH]c2nc(Cl)c(-c3ccc4ncccc4c3)cc12. The number of hydrogen-bond acceptors (Lipinski definition) is 12. The lowest BCUT2D eigenvalue weighted by atomic mass is 10.0. The van der Waals surface area contributed by atoms with Gasteiger partial charge in [0.05, 0.1) is 45.1 Å². The molecule has 12 aromatic rings. The van der Waals surface area contributed by atoms with Gasteiger partial charge in [0, 0.05) is 87.9 Å². The molecule has 4 N–H and O–H groups in total. The first-order valence-corrected chi connectivity index (χ1v) is 24.6. The minimum absolute atomic E-state index is 0.0665. The number of aliphatic imine (C=N–C) groups is 1. The Balaban J connectivity index is 0.000000124. The largest absolute Gasteiger partial charge is 0.383 e. The van der Waals surface area contributed by atoms with Crippen molar-refractivity contribution in [1.82, 2.24) is 49.7 Å². The number of benzene rings is 3. The van der Waals surface area contributed by atoms with E-state index < -0.39 is 0 Å². The highest BCUT2D eigenvalue weighted by molar-refractivity contribution is 6.33. The van der Waals surface area contributed by atoms with E-state index in [1.807, 2.05) is 123 Å². The number of carbonyl (C=O) groups is 1. The Labute approximate surface area is 443 Å². The van der Waals surface area contributed by atoms with Gasteiger partial charge in [-0.1, -0.05) is 65.7 Å². The van der Waals surface area contributed by atoms with Crippen molar-refractivity contribution >= 4 is 95.3 Å². The van der Waals surface area contributed by atoms with Crippen LogP contribution in [-0.4, -0.2) is 67.7 Å². The highest BCUT2D eigenvalue weighted by Crippen LogP contribution is 2.33. The number of H-pyrrole nitrogens is 2. The van der Waals surface area contributed by atoms with Gasteiger partial charge < -0.3 is 15.7 Å². The third-order valence-electron chi connectivity index (χ3n) is 12.3. The van der Waals surface area contributed by atoms with Gasteiger partial charge in [-0.05, 0) is 122 Å². The van der Waals surface area contributed by atoms with Crippen LogP contribution in [0.3, 0.4) is 0 Å². The van der Waals surface area contributed by atoms with E-state index in [0.717, 1.165) is 78.5 Å². The summed E-state index contributed by atoms with van der Waals surface area (Å²) in [6.45, 7) is 6.28. The maximum atomic E-state index is 12.3. The summed E-state index contributed by atoms with van der Waals surface area (Å²) in [6.07, 6.45) is 14.4. The monoisotopic (exact) mass is 1040 g/mol. The standard InChI is InChI=1S/C21H15N5O.C17H10ClN3O.C16H12ClN3O.C5H7N/c1-13-7-10-26(25-13)21-16(12-17-19(27)6-9-23-20(17)24-21)14-4-5-18-15(11-14)3-2-8-22-18;18-16-12(9-13-15(22)5-7-20-17(13)21-16)10-3-4-14-11(8-10)2-1-6-19-14;1-9(21)12-8-13(15(17)20-16(12)18)10-4-5-14-11(7-10)3-2-6-19-14;1-5-3-2-4-6-5/h2-12H,1H3,(H,23,24,27);1-9H,(H,20,21,22);2-8H,1H3,(H2,18,20);2-3H,4H2,1H3. The number of nitrogens with one attached hydrogen (secondary N) is 2. The second-order valence-electron chi connectivity index (χ2n) is 17.5. The summed E-state index contributed by atoms with van der Waals surface area (Å²) in [4.78, 5) is 71.9. The second kappa shape index (κ2) is 21.9. The molecule has 0 saturated heterocycles. The molecular weight excluding hydrogens is 996 g/mol. The zero-order chi connectivity index (χ0) is 52.9. The number of nitrogens with two attached hydrogens (primary N) is 1. The Morgan fingerprint density at radius 1 is 0.605 bits per heavy atom. The number of ketones is 1. The third kappa shape index (κ3) is 10.9. The molecule has 0 saturated carbocycles. The number of nitrogens with zero attached hydrogens (tertiary/aromatic N) is 9. The molecule has 0 fully saturated rings. The number of hydrogen-bond donors (Lipinski definition) is 3. The Morgan fingerprint density at radius 3 is 1.58 bits per heavy atom. The lowest BCUT2D eigenvalue weighted by molar-refractivity contribution is 0.101. The molecular formula is C59H44Cl2N12O3. The molecule has 0 unspecified atom stereocenters. The summed E-state index contributed by atoms with van der Waals surface area (Å²) in [5.41, 5.74) is 16.7. The van der Waals surface area contributed by atoms with Crippen LogP contribution in [0.25, 0.3) is 94.0 Å². The predicted octanol–water partition coefficient (Wildman–Crippen LogP) is 12.2. The number of nitrogen functional groups attached to an aromatic ring is 1. The molecule has 0 aliphatic carbocycles. The van der Waals surface area contributed by atoms with Gasteiger partial charge in [0.15, 0.2) is 22.5 Å². The van der Waals surface area contributed by atoms with E-state index in [0.29, 0.717) is 44.2 Å². The molecule has 10 heterocycles. The van der Waals surface area contributed by atoms with E-state index in [4.69, 9.17) is 33.9 Å². The zero-order valence-electron chi connectivity index (χ0n) is 41.0. The van der Waals surface area contributed by atoms with Gasteiger partial charge in [-0.3, -0.25) is 34.3 Å². The van der Waals surface area contributed by atoms with E-state index in [2.05, 4.69) is 57.1 Å².